The molecule has 0 saturated heterocycles. The van der Waals surface area contributed by atoms with Crippen LogP contribution in [0.25, 0.3) is 11.0 Å². The number of carboxylic acids is 1. The molecule has 132 valence electrons. The van der Waals surface area contributed by atoms with E-state index in [2.05, 4.69) is 15.3 Å². The lowest BCUT2D eigenvalue weighted by molar-refractivity contribution is -0.123. The van der Waals surface area contributed by atoms with E-state index in [4.69, 9.17) is 9.84 Å². The first-order valence-electron chi connectivity index (χ1n) is 7.72. The molecule has 8 nitrogen and oxygen atoms in total. The fourth-order valence-electron chi connectivity index (χ4n) is 2.28. The number of fused-ring (bicyclic) bond motifs is 1. The zero-order valence-electron chi connectivity index (χ0n) is 13.7. The van der Waals surface area contributed by atoms with Crippen LogP contribution in [-0.4, -0.2) is 39.0 Å². The molecule has 1 atom stereocenters. The van der Waals surface area contributed by atoms with Crippen LogP contribution >= 0.6 is 0 Å². The third-order valence-electron chi connectivity index (χ3n) is 3.71. The zero-order chi connectivity index (χ0) is 18.7. The predicted molar refractivity (Wildman–Crippen MR) is 93.0 cm³/mol. The number of esters is 1. The number of aromatic nitrogens is 2. The van der Waals surface area contributed by atoms with Gasteiger partial charge in [-0.3, -0.25) is 4.79 Å². The molecule has 1 aromatic heterocycles. The molecule has 0 radical (unpaired) electrons. The number of aromatic amines is 1. The minimum absolute atomic E-state index is 0.108. The second-order valence-electron chi connectivity index (χ2n) is 5.55. The lowest BCUT2D eigenvalue weighted by Gasteiger charge is -2.13. The van der Waals surface area contributed by atoms with E-state index in [1.54, 1.807) is 18.2 Å². The van der Waals surface area contributed by atoms with Gasteiger partial charge in [0.25, 0.3) is 5.91 Å². The van der Waals surface area contributed by atoms with E-state index in [0.717, 1.165) is 5.52 Å². The van der Waals surface area contributed by atoms with Gasteiger partial charge in [-0.25, -0.2) is 14.6 Å². The van der Waals surface area contributed by atoms with Crippen molar-refractivity contribution in [2.24, 2.45) is 0 Å². The average Bonchev–Trinajstić information content (AvgIpc) is 3.09. The number of hydrogen-bond acceptors (Lipinski definition) is 5. The summed E-state index contributed by atoms with van der Waals surface area (Å²) in [5.41, 5.74) is 2.22. The number of H-pyrrole nitrogens is 1. The Bertz CT molecular complexity index is 978. The summed E-state index contributed by atoms with van der Waals surface area (Å²) in [5.74, 6) is -2.21. The molecule has 8 heteroatoms. The van der Waals surface area contributed by atoms with Crippen LogP contribution in [0.4, 0.5) is 5.69 Å². The SMILES string of the molecule is CC(OC(=O)c1ccc2nc[nH]c2c1)C(=O)Nc1ccc(C(=O)O)cc1. The van der Waals surface area contributed by atoms with E-state index < -0.39 is 23.9 Å². The lowest BCUT2D eigenvalue weighted by atomic mass is 10.2. The summed E-state index contributed by atoms with van der Waals surface area (Å²) in [5, 5.41) is 11.4. The topological polar surface area (TPSA) is 121 Å². The number of carbonyl (C=O) groups excluding carboxylic acids is 2. The molecule has 0 bridgehead atoms. The first-order chi connectivity index (χ1) is 12.4. The van der Waals surface area contributed by atoms with E-state index in [1.807, 2.05) is 0 Å². The summed E-state index contributed by atoms with van der Waals surface area (Å²) < 4.78 is 5.18. The van der Waals surface area contributed by atoms with E-state index in [-0.39, 0.29) is 5.56 Å². The molecule has 3 rings (SSSR count). The van der Waals surface area contributed by atoms with Crippen LogP contribution in [0, 0.1) is 0 Å². The fourth-order valence-corrected chi connectivity index (χ4v) is 2.28. The van der Waals surface area contributed by atoms with E-state index in [0.29, 0.717) is 16.8 Å². The number of carbonyl (C=O) groups is 3. The molecule has 0 aliphatic heterocycles. The highest BCUT2D eigenvalue weighted by atomic mass is 16.5. The predicted octanol–water partition coefficient (Wildman–Crippen LogP) is 2.45. The number of hydrogen-bond donors (Lipinski definition) is 3. The van der Waals surface area contributed by atoms with E-state index in [9.17, 15) is 14.4 Å². The molecule has 0 fully saturated rings. The molecule has 1 heterocycles. The maximum atomic E-state index is 12.2. The minimum atomic E-state index is -1.06. The minimum Gasteiger partial charge on any atom is -0.478 e. The van der Waals surface area contributed by atoms with Crippen LogP contribution in [0.1, 0.15) is 27.6 Å². The Labute approximate surface area is 147 Å². The van der Waals surface area contributed by atoms with Gasteiger partial charge in [-0.2, -0.15) is 0 Å². The van der Waals surface area contributed by atoms with Gasteiger partial charge in [-0.15, -0.1) is 0 Å². The normalized spacial score (nSPS) is 11.7. The van der Waals surface area contributed by atoms with Crippen LogP contribution in [0.3, 0.4) is 0 Å². The molecule has 3 N–H and O–H groups in total. The first-order valence-corrected chi connectivity index (χ1v) is 7.72. The lowest BCUT2D eigenvalue weighted by Crippen LogP contribution is -2.30. The number of nitrogens with one attached hydrogen (secondary N) is 2. The van der Waals surface area contributed by atoms with Gasteiger partial charge in [-0.05, 0) is 49.4 Å². The maximum absolute atomic E-state index is 12.2. The summed E-state index contributed by atoms with van der Waals surface area (Å²) in [6, 6.07) is 10.5. The Morgan fingerprint density at radius 3 is 2.50 bits per heavy atom. The Morgan fingerprint density at radius 1 is 1.12 bits per heavy atom. The van der Waals surface area contributed by atoms with Crippen molar-refractivity contribution in [1.29, 1.82) is 0 Å². The Kier molecular flexibility index (Phi) is 4.66. The molecule has 2 aromatic carbocycles. The molecule has 0 saturated carbocycles. The van der Waals surface area contributed by atoms with E-state index in [1.165, 1.54) is 37.5 Å². The molecule has 1 amide bonds. The van der Waals surface area contributed by atoms with Crippen molar-refractivity contribution >= 4 is 34.6 Å². The van der Waals surface area contributed by atoms with Crippen LogP contribution in [0.2, 0.25) is 0 Å². The van der Waals surface area contributed by atoms with Crippen LogP contribution in [0.15, 0.2) is 48.8 Å². The number of rotatable bonds is 5. The highest BCUT2D eigenvalue weighted by Gasteiger charge is 2.19. The second kappa shape index (κ2) is 7.06. The van der Waals surface area contributed by atoms with Crippen molar-refractivity contribution in [3.05, 3.63) is 59.9 Å². The standard InChI is InChI=1S/C18H15N3O5/c1-10(16(22)21-13-5-2-11(3-6-13)17(23)24)26-18(25)12-4-7-14-15(8-12)20-9-19-14/h2-10H,1H3,(H,19,20)(H,21,22)(H,23,24). The molecular weight excluding hydrogens is 338 g/mol. The third kappa shape index (κ3) is 3.69. The smallest absolute Gasteiger partial charge is 0.338 e. The molecule has 0 spiro atoms. The second-order valence-corrected chi connectivity index (χ2v) is 5.55. The molecule has 0 aliphatic carbocycles. The number of nitrogens with zero attached hydrogens (tertiary/aromatic N) is 1. The Morgan fingerprint density at radius 2 is 1.81 bits per heavy atom. The summed E-state index contributed by atoms with van der Waals surface area (Å²) in [4.78, 5) is 42.1. The van der Waals surface area contributed by atoms with Gasteiger partial charge in [0.2, 0.25) is 0 Å². The van der Waals surface area contributed by atoms with Crippen molar-refractivity contribution in [1.82, 2.24) is 9.97 Å². The summed E-state index contributed by atoms with van der Waals surface area (Å²) in [6.07, 6.45) is 0.491. The Hall–Kier alpha value is -3.68. The summed E-state index contributed by atoms with van der Waals surface area (Å²) >= 11 is 0. The Balaban J connectivity index is 1.62. The molecule has 3 aromatic rings. The van der Waals surface area contributed by atoms with Gasteiger partial charge in [0.1, 0.15) is 0 Å². The number of ether oxygens (including phenoxy) is 1. The van der Waals surface area contributed by atoms with Crippen LogP contribution in [-0.2, 0) is 9.53 Å². The number of carboxylic acid groups (broad SMARTS) is 1. The van der Waals surface area contributed by atoms with Crippen LogP contribution in [0.5, 0.6) is 0 Å². The number of anilines is 1. The maximum Gasteiger partial charge on any atom is 0.338 e. The van der Waals surface area contributed by atoms with Gasteiger partial charge < -0.3 is 20.1 Å². The number of aromatic carboxylic acids is 1. The van der Waals surface area contributed by atoms with Crippen molar-refractivity contribution in [2.45, 2.75) is 13.0 Å². The first kappa shape index (κ1) is 17.2. The zero-order valence-corrected chi connectivity index (χ0v) is 13.7. The van der Waals surface area contributed by atoms with Gasteiger partial charge in [0.05, 0.1) is 28.5 Å². The van der Waals surface area contributed by atoms with Gasteiger partial charge in [0, 0.05) is 5.69 Å². The third-order valence-corrected chi connectivity index (χ3v) is 3.71. The summed E-state index contributed by atoms with van der Waals surface area (Å²) in [7, 11) is 0. The number of imidazole rings is 1. The highest BCUT2D eigenvalue weighted by Crippen LogP contribution is 2.14. The average molecular weight is 353 g/mol. The molecule has 0 aliphatic rings. The van der Waals surface area contributed by atoms with Crippen molar-refractivity contribution in [3.63, 3.8) is 0 Å². The molecular formula is C18H15N3O5. The van der Waals surface area contributed by atoms with Gasteiger partial charge in [-0.1, -0.05) is 0 Å². The van der Waals surface area contributed by atoms with E-state index >= 15 is 0 Å². The van der Waals surface area contributed by atoms with Crippen molar-refractivity contribution in [3.8, 4) is 0 Å². The largest absolute Gasteiger partial charge is 0.478 e. The van der Waals surface area contributed by atoms with Crippen molar-refractivity contribution < 1.29 is 24.2 Å². The highest BCUT2D eigenvalue weighted by molar-refractivity contribution is 5.98. The van der Waals surface area contributed by atoms with Crippen LogP contribution < -0.4 is 5.32 Å². The van der Waals surface area contributed by atoms with Gasteiger partial charge in [0.15, 0.2) is 6.10 Å². The van der Waals surface area contributed by atoms with Gasteiger partial charge >= 0.3 is 11.9 Å². The summed E-state index contributed by atoms with van der Waals surface area (Å²) in [6.45, 7) is 1.45. The fraction of sp³-hybridized carbons (Fsp3) is 0.111. The van der Waals surface area contributed by atoms with Crippen molar-refractivity contribution in [2.75, 3.05) is 5.32 Å². The number of amides is 1. The number of benzene rings is 2. The quantitative estimate of drug-likeness (QED) is 0.606. The monoisotopic (exact) mass is 353 g/mol. The molecule has 1 unspecified atom stereocenters. The molecule has 26 heavy (non-hydrogen) atoms.